The monoisotopic (exact) mass is 401 g/mol. The minimum Gasteiger partial charge on any atom is -0.497 e. The van der Waals surface area contributed by atoms with Gasteiger partial charge in [0, 0.05) is 16.4 Å². The Bertz CT molecular complexity index is 1050. The molecule has 0 unspecified atom stereocenters. The molecule has 1 N–H and O–H groups in total. The minimum atomic E-state index is -1.01. The summed E-state index contributed by atoms with van der Waals surface area (Å²) in [6.45, 7) is 0. The molecule has 0 bridgehead atoms. The molecule has 1 aliphatic heterocycles. The summed E-state index contributed by atoms with van der Waals surface area (Å²) in [6.07, 6.45) is 0. The van der Waals surface area contributed by atoms with E-state index in [0.717, 1.165) is 22.7 Å². The van der Waals surface area contributed by atoms with E-state index in [1.54, 1.807) is 36.1 Å². The predicted octanol–water partition coefficient (Wildman–Crippen LogP) is 3.55. The molecule has 0 saturated carbocycles. The number of carbonyl (C=O) groups is 1. The molecule has 4 rings (SSSR count). The first kappa shape index (κ1) is 17.8. The highest BCUT2D eigenvalue weighted by molar-refractivity contribution is 7.83. The highest BCUT2D eigenvalue weighted by atomic mass is 35.5. The van der Waals surface area contributed by atoms with Gasteiger partial charge in [0.05, 0.1) is 40.6 Å². The van der Waals surface area contributed by atoms with Crippen LogP contribution >= 0.6 is 11.6 Å². The summed E-state index contributed by atoms with van der Waals surface area (Å²) in [7, 11) is 0.594. The fourth-order valence-electron chi connectivity index (χ4n) is 2.99. The average molecular weight is 402 g/mol. The van der Waals surface area contributed by atoms with E-state index in [2.05, 4.69) is 10.4 Å². The molecule has 27 heavy (non-hydrogen) atoms. The third-order valence-corrected chi connectivity index (χ3v) is 5.87. The molecule has 0 fully saturated rings. The third kappa shape index (κ3) is 3.36. The lowest BCUT2D eigenvalue weighted by Gasteiger charge is -2.12. The van der Waals surface area contributed by atoms with Crippen molar-refractivity contribution in [3.8, 4) is 11.4 Å². The zero-order valence-corrected chi connectivity index (χ0v) is 16.0. The van der Waals surface area contributed by atoms with Crippen LogP contribution in [0.5, 0.6) is 5.75 Å². The Hall–Kier alpha value is -2.64. The summed E-state index contributed by atoms with van der Waals surface area (Å²) in [5.74, 6) is 1.65. The lowest BCUT2D eigenvalue weighted by Crippen LogP contribution is -2.17. The number of fused-ring (bicyclic) bond motifs is 1. The van der Waals surface area contributed by atoms with Crippen molar-refractivity contribution in [2.24, 2.45) is 0 Å². The van der Waals surface area contributed by atoms with Crippen molar-refractivity contribution in [1.82, 2.24) is 9.78 Å². The van der Waals surface area contributed by atoms with Gasteiger partial charge in [-0.05, 0) is 36.4 Å². The van der Waals surface area contributed by atoms with Crippen molar-refractivity contribution >= 4 is 34.1 Å². The fraction of sp³-hybridized carbons (Fsp3) is 0.158. The molecule has 1 atom stereocenters. The second-order valence-corrected chi connectivity index (χ2v) is 7.91. The van der Waals surface area contributed by atoms with Crippen molar-refractivity contribution < 1.29 is 13.7 Å². The number of carbonyl (C=O) groups excluding carboxylic acids is 1. The maximum absolute atomic E-state index is 12.8. The van der Waals surface area contributed by atoms with Gasteiger partial charge < -0.3 is 10.1 Å². The van der Waals surface area contributed by atoms with E-state index in [9.17, 15) is 9.00 Å². The first-order chi connectivity index (χ1) is 13.1. The lowest BCUT2D eigenvalue weighted by molar-refractivity contribution is 0.102. The zero-order valence-electron chi connectivity index (χ0n) is 14.4. The molecule has 2 aromatic carbocycles. The molecule has 2 heterocycles. The number of benzene rings is 2. The van der Waals surface area contributed by atoms with Gasteiger partial charge in [0.2, 0.25) is 0 Å². The van der Waals surface area contributed by atoms with Crippen LogP contribution in [0.25, 0.3) is 5.69 Å². The summed E-state index contributed by atoms with van der Waals surface area (Å²) in [5.41, 5.74) is 2.67. The Balaban J connectivity index is 1.75. The first-order valence-corrected chi connectivity index (χ1v) is 10.1. The zero-order chi connectivity index (χ0) is 19.0. The van der Waals surface area contributed by atoms with Crippen molar-refractivity contribution in [2.45, 2.75) is 11.5 Å². The topological polar surface area (TPSA) is 73.2 Å². The number of methoxy groups -OCH3 is 1. The van der Waals surface area contributed by atoms with E-state index in [4.69, 9.17) is 16.3 Å². The van der Waals surface area contributed by atoms with Crippen LogP contribution in [0.3, 0.4) is 0 Å². The highest BCUT2D eigenvalue weighted by Gasteiger charge is 2.28. The molecule has 0 saturated heterocycles. The minimum absolute atomic E-state index is 0.337. The highest BCUT2D eigenvalue weighted by Crippen LogP contribution is 2.32. The molecule has 1 aliphatic rings. The Kier molecular flexibility index (Phi) is 4.72. The van der Waals surface area contributed by atoms with Crippen LogP contribution < -0.4 is 10.1 Å². The van der Waals surface area contributed by atoms with Gasteiger partial charge in [-0.3, -0.25) is 9.00 Å². The van der Waals surface area contributed by atoms with Crippen molar-refractivity contribution in [3.63, 3.8) is 0 Å². The van der Waals surface area contributed by atoms with Gasteiger partial charge in [-0.2, -0.15) is 5.10 Å². The van der Waals surface area contributed by atoms with Crippen molar-refractivity contribution in [2.75, 3.05) is 12.4 Å². The molecule has 0 radical (unpaired) electrons. The number of amides is 1. The second-order valence-electron chi connectivity index (χ2n) is 6.05. The number of aromatic nitrogens is 2. The largest absolute Gasteiger partial charge is 0.497 e. The number of ether oxygens (including phenoxy) is 1. The molecule has 0 aliphatic carbocycles. The number of hydrogen-bond donors (Lipinski definition) is 1. The van der Waals surface area contributed by atoms with E-state index < -0.39 is 10.8 Å². The summed E-state index contributed by atoms with van der Waals surface area (Å²) in [4.78, 5) is 12.8. The lowest BCUT2D eigenvalue weighted by atomic mass is 10.2. The molecule has 1 aromatic heterocycles. The first-order valence-electron chi connectivity index (χ1n) is 8.23. The Labute approximate surface area is 163 Å². The molecule has 8 heteroatoms. The standard InChI is InChI=1S/C19H16ClN3O3S/c1-26-13-8-6-12(7-9-13)23-18(15-10-27(25)11-17(15)22-23)21-19(24)14-4-2-3-5-16(14)20/h2-9H,10-11H2,1H3,(H,21,24)/t27-/m0/s1. The van der Waals surface area contributed by atoms with Crippen LogP contribution in [0.2, 0.25) is 5.02 Å². The number of nitrogens with zero attached hydrogens (tertiary/aromatic N) is 2. The maximum atomic E-state index is 12.8. The van der Waals surface area contributed by atoms with E-state index in [1.807, 2.05) is 24.3 Å². The van der Waals surface area contributed by atoms with Gasteiger partial charge in [0.15, 0.2) is 0 Å². The van der Waals surface area contributed by atoms with Crippen LogP contribution in [0.1, 0.15) is 21.6 Å². The number of rotatable bonds is 4. The molecule has 1 amide bonds. The summed E-state index contributed by atoms with van der Waals surface area (Å²) in [6, 6.07) is 14.2. The molecule has 0 spiro atoms. The Morgan fingerprint density at radius 3 is 2.63 bits per heavy atom. The average Bonchev–Trinajstić information content (AvgIpc) is 3.19. The van der Waals surface area contributed by atoms with E-state index >= 15 is 0 Å². The summed E-state index contributed by atoms with van der Waals surface area (Å²) >= 11 is 6.14. The van der Waals surface area contributed by atoms with Crippen molar-refractivity contribution in [3.05, 3.63) is 70.4 Å². The van der Waals surface area contributed by atoms with Crippen LogP contribution in [0.4, 0.5) is 5.82 Å². The Morgan fingerprint density at radius 1 is 1.19 bits per heavy atom. The quantitative estimate of drug-likeness (QED) is 0.725. The van der Waals surface area contributed by atoms with Crippen LogP contribution in [0.15, 0.2) is 48.5 Å². The fourth-order valence-corrected chi connectivity index (χ4v) is 4.47. The molecule has 3 aromatic rings. The van der Waals surface area contributed by atoms with E-state index in [1.165, 1.54) is 0 Å². The van der Waals surface area contributed by atoms with E-state index in [-0.39, 0.29) is 5.91 Å². The molecule has 138 valence electrons. The van der Waals surface area contributed by atoms with Gasteiger partial charge in [-0.15, -0.1) is 0 Å². The SMILES string of the molecule is COc1ccc(-n2nc3c(c2NC(=O)c2ccccc2Cl)C[S@](=O)C3)cc1. The van der Waals surface area contributed by atoms with Gasteiger partial charge >= 0.3 is 0 Å². The number of anilines is 1. The van der Waals surface area contributed by atoms with Gasteiger partial charge in [0.25, 0.3) is 5.91 Å². The summed E-state index contributed by atoms with van der Waals surface area (Å²) in [5, 5.41) is 7.84. The normalized spacial score (nSPS) is 15.4. The maximum Gasteiger partial charge on any atom is 0.258 e. The number of halogens is 1. The Morgan fingerprint density at radius 2 is 1.93 bits per heavy atom. The molecular formula is C19H16ClN3O3S. The van der Waals surface area contributed by atoms with Crippen LogP contribution in [0, 0.1) is 0 Å². The number of hydrogen-bond acceptors (Lipinski definition) is 4. The van der Waals surface area contributed by atoms with Gasteiger partial charge in [-0.25, -0.2) is 4.68 Å². The smallest absolute Gasteiger partial charge is 0.258 e. The predicted molar refractivity (Wildman–Crippen MR) is 105 cm³/mol. The van der Waals surface area contributed by atoms with E-state index in [0.29, 0.717) is 27.9 Å². The number of nitrogens with one attached hydrogen (secondary N) is 1. The van der Waals surface area contributed by atoms with Crippen LogP contribution in [-0.4, -0.2) is 27.0 Å². The second kappa shape index (κ2) is 7.17. The van der Waals surface area contributed by atoms with Gasteiger partial charge in [-0.1, -0.05) is 23.7 Å². The van der Waals surface area contributed by atoms with Crippen molar-refractivity contribution in [1.29, 1.82) is 0 Å². The molecule has 6 nitrogen and oxygen atoms in total. The summed E-state index contributed by atoms with van der Waals surface area (Å²) < 4.78 is 18.8. The van der Waals surface area contributed by atoms with Gasteiger partial charge in [0.1, 0.15) is 11.6 Å². The third-order valence-electron chi connectivity index (χ3n) is 4.34. The van der Waals surface area contributed by atoms with Crippen LogP contribution in [-0.2, 0) is 22.3 Å². The molecular weight excluding hydrogens is 386 g/mol.